The molecule has 1 N–H and O–H groups in total. The summed E-state index contributed by atoms with van der Waals surface area (Å²) in [4.78, 5) is 0. The zero-order chi connectivity index (χ0) is 14.0. The average Bonchev–Trinajstić information content (AvgIpc) is 2.30. The Kier molecular flexibility index (Phi) is 14.7. The van der Waals surface area contributed by atoms with Gasteiger partial charge < -0.3 is 9.66 Å². The van der Waals surface area contributed by atoms with E-state index >= 15 is 0 Å². The third-order valence-electron chi connectivity index (χ3n) is 3.30. The number of rotatable bonds is 11. The summed E-state index contributed by atoms with van der Waals surface area (Å²) in [5.41, 5.74) is 0. The van der Waals surface area contributed by atoms with Gasteiger partial charge in [-0.1, -0.05) is 46.0 Å². The first kappa shape index (κ1) is 22.2. The van der Waals surface area contributed by atoms with Gasteiger partial charge in [-0.3, -0.25) is 0 Å². The SMILES string of the molecule is CCCC(CCCCCCC(O)CC)S(=O)(=O)[O-].[Na+]. The molecule has 0 saturated heterocycles. The monoisotopic (exact) mass is 302 g/mol. The predicted octanol–water partition coefficient (Wildman–Crippen LogP) is -0.184. The molecule has 0 aromatic carbocycles. The van der Waals surface area contributed by atoms with Crippen LogP contribution in [-0.2, 0) is 10.1 Å². The first-order valence-electron chi connectivity index (χ1n) is 7.04. The van der Waals surface area contributed by atoms with Crippen molar-refractivity contribution in [1.29, 1.82) is 0 Å². The molecule has 19 heavy (non-hydrogen) atoms. The van der Waals surface area contributed by atoms with Crippen LogP contribution in [0, 0.1) is 0 Å². The number of hydrogen-bond donors (Lipinski definition) is 1. The molecule has 0 bridgehead atoms. The number of hydrogen-bond acceptors (Lipinski definition) is 4. The Hall–Kier alpha value is 0.870. The molecule has 0 aliphatic rings. The topological polar surface area (TPSA) is 77.4 Å². The van der Waals surface area contributed by atoms with E-state index in [4.69, 9.17) is 0 Å². The molecule has 6 heteroatoms. The molecule has 2 unspecified atom stereocenters. The molecule has 2 atom stereocenters. The van der Waals surface area contributed by atoms with Gasteiger partial charge in [0.1, 0.15) is 0 Å². The van der Waals surface area contributed by atoms with Crippen LogP contribution in [0.1, 0.15) is 71.6 Å². The molecule has 0 heterocycles. The summed E-state index contributed by atoms with van der Waals surface area (Å²) in [6.07, 6.45) is 6.76. The van der Waals surface area contributed by atoms with Crippen LogP contribution in [0.15, 0.2) is 0 Å². The van der Waals surface area contributed by atoms with Gasteiger partial charge >= 0.3 is 29.6 Å². The van der Waals surface area contributed by atoms with Gasteiger partial charge in [0.05, 0.1) is 16.2 Å². The molecule has 0 aliphatic carbocycles. The van der Waals surface area contributed by atoms with Crippen molar-refractivity contribution in [2.75, 3.05) is 0 Å². The van der Waals surface area contributed by atoms with Crippen molar-refractivity contribution in [2.24, 2.45) is 0 Å². The maximum atomic E-state index is 11.0. The summed E-state index contributed by atoms with van der Waals surface area (Å²) in [6.45, 7) is 3.85. The van der Waals surface area contributed by atoms with E-state index in [-0.39, 0.29) is 35.7 Å². The molecule has 0 fully saturated rings. The van der Waals surface area contributed by atoms with Gasteiger partial charge in [0.15, 0.2) is 0 Å². The second-order valence-corrected chi connectivity index (χ2v) is 6.61. The maximum Gasteiger partial charge on any atom is 1.00 e. The number of unbranched alkanes of at least 4 members (excludes halogenated alkanes) is 3. The minimum Gasteiger partial charge on any atom is -0.748 e. The minimum absolute atomic E-state index is 0. The molecular formula is C13H27NaO4S. The van der Waals surface area contributed by atoms with Crippen LogP contribution in [0.25, 0.3) is 0 Å². The molecule has 0 aromatic rings. The fraction of sp³-hybridized carbons (Fsp3) is 1.00. The van der Waals surface area contributed by atoms with E-state index < -0.39 is 15.4 Å². The van der Waals surface area contributed by atoms with Gasteiger partial charge in [0.2, 0.25) is 0 Å². The Labute approximate surface area is 140 Å². The normalized spacial score (nSPS) is 14.7. The van der Waals surface area contributed by atoms with Crippen molar-refractivity contribution in [2.45, 2.75) is 83.0 Å². The Morgan fingerprint density at radius 3 is 1.95 bits per heavy atom. The van der Waals surface area contributed by atoms with Crippen LogP contribution in [0.3, 0.4) is 0 Å². The zero-order valence-corrected chi connectivity index (χ0v) is 15.4. The van der Waals surface area contributed by atoms with Gasteiger partial charge in [0.25, 0.3) is 0 Å². The summed E-state index contributed by atoms with van der Waals surface area (Å²) in [5.74, 6) is 0. The maximum absolute atomic E-state index is 11.0. The van der Waals surface area contributed by atoms with Gasteiger partial charge in [-0.25, -0.2) is 8.42 Å². The predicted molar refractivity (Wildman–Crippen MR) is 72.4 cm³/mol. The van der Waals surface area contributed by atoms with Crippen molar-refractivity contribution in [3.63, 3.8) is 0 Å². The van der Waals surface area contributed by atoms with Crippen LogP contribution in [0.5, 0.6) is 0 Å². The standard InChI is InChI=1S/C13H28O4S.Na/c1-3-9-13(18(15,16)17)11-8-6-5-7-10-12(14)4-2;/h12-14H,3-11H2,1-2H3,(H,15,16,17);/q;+1/p-1. The van der Waals surface area contributed by atoms with E-state index in [1.165, 1.54) is 0 Å². The first-order valence-corrected chi connectivity index (χ1v) is 8.51. The van der Waals surface area contributed by atoms with Gasteiger partial charge in [-0.2, -0.15) is 0 Å². The molecule has 0 saturated carbocycles. The molecule has 0 rings (SSSR count). The van der Waals surface area contributed by atoms with Crippen molar-refractivity contribution >= 4 is 10.1 Å². The third kappa shape index (κ3) is 12.3. The van der Waals surface area contributed by atoms with E-state index in [0.717, 1.165) is 44.9 Å². The van der Waals surface area contributed by atoms with Crippen molar-refractivity contribution < 1.29 is 47.6 Å². The Bertz CT molecular complexity index is 293. The molecule has 0 radical (unpaired) electrons. The summed E-state index contributed by atoms with van der Waals surface area (Å²) in [6, 6.07) is 0. The first-order chi connectivity index (χ1) is 8.41. The Balaban J connectivity index is 0. The minimum atomic E-state index is -4.13. The molecular weight excluding hydrogens is 275 g/mol. The van der Waals surface area contributed by atoms with Crippen LogP contribution < -0.4 is 29.6 Å². The number of aliphatic hydroxyl groups excluding tert-OH is 1. The molecule has 0 spiro atoms. The van der Waals surface area contributed by atoms with Gasteiger partial charge in [-0.15, -0.1) is 0 Å². The smallest absolute Gasteiger partial charge is 0.748 e. The van der Waals surface area contributed by atoms with E-state index in [9.17, 15) is 18.1 Å². The van der Waals surface area contributed by atoms with Crippen molar-refractivity contribution in [3.05, 3.63) is 0 Å². The fourth-order valence-corrected chi connectivity index (χ4v) is 3.04. The van der Waals surface area contributed by atoms with Crippen LogP contribution in [0.2, 0.25) is 0 Å². The summed E-state index contributed by atoms with van der Waals surface area (Å²) in [5, 5.41) is 8.65. The Morgan fingerprint density at radius 2 is 1.53 bits per heavy atom. The fourth-order valence-electron chi connectivity index (χ4n) is 2.06. The number of aliphatic hydroxyl groups is 1. The summed E-state index contributed by atoms with van der Waals surface area (Å²) in [7, 11) is -4.13. The van der Waals surface area contributed by atoms with Crippen LogP contribution in [0.4, 0.5) is 0 Å². The van der Waals surface area contributed by atoms with E-state index in [2.05, 4.69) is 0 Å². The van der Waals surface area contributed by atoms with Crippen molar-refractivity contribution in [1.82, 2.24) is 0 Å². The average molecular weight is 302 g/mol. The second kappa shape index (κ2) is 12.6. The molecule has 0 amide bonds. The molecule has 4 nitrogen and oxygen atoms in total. The summed E-state index contributed by atoms with van der Waals surface area (Å²) < 4.78 is 32.9. The molecule has 110 valence electrons. The third-order valence-corrected chi connectivity index (χ3v) is 4.59. The van der Waals surface area contributed by atoms with E-state index in [1.807, 2.05) is 13.8 Å². The quantitative estimate of drug-likeness (QED) is 0.326. The summed E-state index contributed by atoms with van der Waals surface area (Å²) >= 11 is 0. The van der Waals surface area contributed by atoms with Gasteiger partial charge in [-0.05, 0) is 25.7 Å². The van der Waals surface area contributed by atoms with Crippen molar-refractivity contribution in [3.8, 4) is 0 Å². The van der Waals surface area contributed by atoms with Crippen LogP contribution in [-0.4, -0.2) is 29.4 Å². The van der Waals surface area contributed by atoms with E-state index in [1.54, 1.807) is 0 Å². The molecule has 0 aliphatic heterocycles. The largest absolute Gasteiger partial charge is 1.00 e. The van der Waals surface area contributed by atoms with Gasteiger partial charge in [0, 0.05) is 5.25 Å². The van der Waals surface area contributed by atoms with Crippen LogP contribution >= 0.6 is 0 Å². The van der Waals surface area contributed by atoms with E-state index in [0.29, 0.717) is 12.8 Å². The zero-order valence-electron chi connectivity index (χ0n) is 12.6. The Morgan fingerprint density at radius 1 is 1.00 bits per heavy atom. The second-order valence-electron chi connectivity index (χ2n) is 4.96. The molecule has 0 aromatic heterocycles.